The van der Waals surface area contributed by atoms with Crippen LogP contribution in [0.15, 0.2) is 48.5 Å². The second-order valence-electron chi connectivity index (χ2n) is 9.03. The van der Waals surface area contributed by atoms with Crippen molar-refractivity contribution >= 4 is 35.2 Å². The third kappa shape index (κ3) is 6.39. The summed E-state index contributed by atoms with van der Waals surface area (Å²) in [6.45, 7) is 4.29. The second kappa shape index (κ2) is 12.0. The molecule has 0 spiro atoms. The first kappa shape index (κ1) is 25.8. The highest BCUT2D eigenvalue weighted by Gasteiger charge is 2.44. The minimum Gasteiger partial charge on any atom is -0.357 e. The summed E-state index contributed by atoms with van der Waals surface area (Å²) in [5.41, 5.74) is 6.05. The Morgan fingerprint density at radius 1 is 1.12 bits per heavy atom. The maximum Gasteiger partial charge on any atom is 0.243 e. The number of carbonyl (C=O) groups is 3. The van der Waals surface area contributed by atoms with Crippen LogP contribution in [-0.2, 0) is 33.0 Å². The number of amides is 3. The summed E-state index contributed by atoms with van der Waals surface area (Å²) in [5, 5.41) is 11.8. The summed E-state index contributed by atoms with van der Waals surface area (Å²) < 4.78 is 0. The van der Waals surface area contributed by atoms with E-state index in [0.717, 1.165) is 23.1 Å². The van der Waals surface area contributed by atoms with E-state index in [0.29, 0.717) is 29.5 Å². The lowest BCUT2D eigenvalue weighted by Crippen LogP contribution is -2.50. The molecule has 2 atom stereocenters. The lowest BCUT2D eigenvalue weighted by Gasteiger charge is -2.25. The molecule has 1 heterocycles. The van der Waals surface area contributed by atoms with E-state index in [9.17, 15) is 19.6 Å². The Hall–Kier alpha value is -2.84. The van der Waals surface area contributed by atoms with E-state index in [2.05, 4.69) is 24.6 Å². The lowest BCUT2D eigenvalue weighted by molar-refractivity contribution is -0.147. The van der Waals surface area contributed by atoms with E-state index in [4.69, 9.17) is 0 Å². The minimum atomic E-state index is -0.849. The standard InChI is InChI=1S/C26H33N3O4S/c1-17(2)11-20-13-22(28-33)10-9-19(20)15-34-16-21-14-24(30)29(26(21)32)23(25(31)27-3)12-18-7-5-4-6-8-18/h4-10,13,17,21,23,28,33H,11-12,14-16H2,1-3H3,(H,27,31)/t21-,23-/m0/s1. The third-order valence-electron chi connectivity index (χ3n) is 5.95. The zero-order chi connectivity index (χ0) is 24.7. The van der Waals surface area contributed by atoms with Crippen LogP contribution in [0, 0.1) is 11.8 Å². The summed E-state index contributed by atoms with van der Waals surface area (Å²) >= 11 is 1.61. The molecule has 1 saturated heterocycles. The summed E-state index contributed by atoms with van der Waals surface area (Å²) in [5.74, 6) is 0.333. The van der Waals surface area contributed by atoms with Crippen LogP contribution in [0.4, 0.5) is 5.69 Å². The first-order chi connectivity index (χ1) is 16.3. The monoisotopic (exact) mass is 483 g/mol. The molecule has 1 aliphatic heterocycles. The van der Waals surface area contributed by atoms with Crippen LogP contribution in [0.25, 0.3) is 0 Å². The van der Waals surface area contributed by atoms with Gasteiger partial charge in [0, 0.05) is 31.4 Å². The van der Waals surface area contributed by atoms with Gasteiger partial charge in [0.2, 0.25) is 17.7 Å². The van der Waals surface area contributed by atoms with Gasteiger partial charge in [-0.25, -0.2) is 0 Å². The molecule has 1 fully saturated rings. The summed E-state index contributed by atoms with van der Waals surface area (Å²) in [4.78, 5) is 39.8. The van der Waals surface area contributed by atoms with E-state index < -0.39 is 12.0 Å². The second-order valence-corrected chi connectivity index (χ2v) is 10.1. The molecule has 34 heavy (non-hydrogen) atoms. The van der Waals surface area contributed by atoms with Crippen LogP contribution in [0.5, 0.6) is 0 Å². The Balaban J connectivity index is 1.67. The molecule has 0 bridgehead atoms. The number of anilines is 1. The van der Waals surface area contributed by atoms with E-state index in [1.54, 1.807) is 11.8 Å². The van der Waals surface area contributed by atoms with Crippen molar-refractivity contribution in [1.29, 1.82) is 0 Å². The molecule has 2 aromatic rings. The maximum atomic E-state index is 13.2. The Morgan fingerprint density at radius 2 is 1.85 bits per heavy atom. The van der Waals surface area contributed by atoms with Crippen molar-refractivity contribution in [2.24, 2.45) is 11.8 Å². The SMILES string of the molecule is CNC(=O)[C@H](Cc1ccccc1)N1C(=O)C[C@@H](CSCc2ccc(NO)cc2CC(C)C)C1=O. The predicted molar refractivity (Wildman–Crippen MR) is 135 cm³/mol. The van der Waals surface area contributed by atoms with Crippen LogP contribution < -0.4 is 10.8 Å². The minimum absolute atomic E-state index is 0.125. The molecule has 8 heteroatoms. The molecule has 182 valence electrons. The van der Waals surface area contributed by atoms with Gasteiger partial charge in [-0.2, -0.15) is 11.8 Å². The van der Waals surface area contributed by atoms with Crippen molar-refractivity contribution < 1.29 is 19.6 Å². The molecule has 7 nitrogen and oxygen atoms in total. The van der Waals surface area contributed by atoms with Gasteiger partial charge < -0.3 is 5.32 Å². The molecule has 0 aromatic heterocycles. The van der Waals surface area contributed by atoms with Crippen molar-refractivity contribution in [2.75, 3.05) is 18.3 Å². The van der Waals surface area contributed by atoms with Crippen molar-refractivity contribution in [2.45, 2.75) is 44.9 Å². The smallest absolute Gasteiger partial charge is 0.243 e. The predicted octanol–water partition coefficient (Wildman–Crippen LogP) is 3.65. The van der Waals surface area contributed by atoms with E-state index in [1.807, 2.05) is 48.5 Å². The number of thioether (sulfide) groups is 1. The molecule has 0 unspecified atom stereocenters. The van der Waals surface area contributed by atoms with Gasteiger partial charge in [0.1, 0.15) is 6.04 Å². The maximum absolute atomic E-state index is 13.2. The topological polar surface area (TPSA) is 98.7 Å². The largest absolute Gasteiger partial charge is 0.357 e. The number of benzene rings is 2. The van der Waals surface area contributed by atoms with E-state index in [1.165, 1.54) is 11.9 Å². The Bertz CT molecular complexity index is 1010. The molecule has 0 saturated carbocycles. The highest BCUT2D eigenvalue weighted by Crippen LogP contribution is 2.29. The average molecular weight is 484 g/mol. The fourth-order valence-corrected chi connectivity index (χ4v) is 5.42. The van der Waals surface area contributed by atoms with Gasteiger partial charge in [0.25, 0.3) is 0 Å². The quantitative estimate of drug-likeness (QED) is 0.333. The molecule has 0 aliphatic carbocycles. The normalized spacial score (nSPS) is 16.7. The van der Waals surface area contributed by atoms with Crippen molar-refractivity contribution in [3.05, 3.63) is 65.2 Å². The van der Waals surface area contributed by atoms with Crippen LogP contribution in [0.3, 0.4) is 0 Å². The first-order valence-corrected chi connectivity index (χ1v) is 12.7. The van der Waals surface area contributed by atoms with E-state index in [-0.39, 0.29) is 24.1 Å². The summed E-state index contributed by atoms with van der Waals surface area (Å²) in [6.07, 6.45) is 1.30. The van der Waals surface area contributed by atoms with Crippen LogP contribution in [0.2, 0.25) is 0 Å². The molecule has 2 aromatic carbocycles. The summed E-state index contributed by atoms with van der Waals surface area (Å²) in [7, 11) is 1.52. The molecular formula is C26H33N3O4S. The Kier molecular flexibility index (Phi) is 9.12. The third-order valence-corrected chi connectivity index (χ3v) is 7.10. The fraction of sp³-hybridized carbons (Fsp3) is 0.423. The van der Waals surface area contributed by atoms with Crippen LogP contribution in [0.1, 0.15) is 37.0 Å². The molecule has 0 radical (unpaired) electrons. The van der Waals surface area contributed by atoms with Gasteiger partial charge in [-0.05, 0) is 41.2 Å². The Morgan fingerprint density at radius 3 is 2.50 bits per heavy atom. The molecular weight excluding hydrogens is 450 g/mol. The van der Waals surface area contributed by atoms with Gasteiger partial charge in [-0.15, -0.1) is 0 Å². The first-order valence-electron chi connectivity index (χ1n) is 11.5. The highest BCUT2D eigenvalue weighted by molar-refractivity contribution is 7.98. The van der Waals surface area contributed by atoms with Crippen molar-refractivity contribution in [3.63, 3.8) is 0 Å². The van der Waals surface area contributed by atoms with Crippen molar-refractivity contribution in [3.8, 4) is 0 Å². The van der Waals surface area contributed by atoms with Gasteiger partial charge in [0.05, 0.1) is 11.6 Å². The number of nitrogens with zero attached hydrogens (tertiary/aromatic N) is 1. The van der Waals surface area contributed by atoms with Crippen LogP contribution in [-0.4, -0.2) is 46.7 Å². The van der Waals surface area contributed by atoms with E-state index >= 15 is 0 Å². The zero-order valence-corrected chi connectivity index (χ0v) is 20.7. The van der Waals surface area contributed by atoms with Crippen molar-refractivity contribution in [1.82, 2.24) is 10.2 Å². The molecule has 3 rings (SSSR count). The molecule has 3 N–H and O–H groups in total. The van der Waals surface area contributed by atoms with Gasteiger partial charge in [-0.3, -0.25) is 30.0 Å². The number of hydrogen-bond donors (Lipinski definition) is 3. The fourth-order valence-electron chi connectivity index (χ4n) is 4.26. The zero-order valence-electron chi connectivity index (χ0n) is 19.9. The van der Waals surface area contributed by atoms with Gasteiger partial charge in [0.15, 0.2) is 0 Å². The molecule has 1 aliphatic rings. The van der Waals surface area contributed by atoms with Crippen LogP contribution >= 0.6 is 11.8 Å². The number of nitrogens with one attached hydrogen (secondary N) is 2. The molecule has 3 amide bonds. The number of hydrogen-bond acceptors (Lipinski definition) is 6. The number of rotatable bonds is 11. The Labute approximate surface area is 205 Å². The number of imide groups is 1. The highest BCUT2D eigenvalue weighted by atomic mass is 32.2. The van der Waals surface area contributed by atoms with Gasteiger partial charge >= 0.3 is 0 Å². The number of carbonyl (C=O) groups excluding carboxylic acids is 3. The van der Waals surface area contributed by atoms with Gasteiger partial charge in [-0.1, -0.05) is 50.2 Å². The summed E-state index contributed by atoms with van der Waals surface area (Å²) in [6, 6.07) is 14.3. The number of likely N-dealkylation sites (N-methyl/N-ethyl adjacent to an activating group) is 1. The number of likely N-dealkylation sites (tertiary alicyclic amines) is 1. The average Bonchev–Trinajstić information content (AvgIpc) is 3.10. The lowest BCUT2D eigenvalue weighted by atomic mass is 9.98.